The molecule has 0 spiro atoms. The molecule has 2 rings (SSSR count). The number of hydrogen-bond acceptors (Lipinski definition) is 4. The maximum atomic E-state index is 12.9. The van der Waals surface area contributed by atoms with Crippen LogP contribution in [0.15, 0.2) is 18.2 Å². The quantitative estimate of drug-likeness (QED) is 0.688. The summed E-state index contributed by atoms with van der Waals surface area (Å²) in [5.41, 5.74) is -4.11. The molecule has 0 saturated carbocycles. The van der Waals surface area contributed by atoms with Gasteiger partial charge in [-0.05, 0) is 18.2 Å². The first-order chi connectivity index (χ1) is 11.7. The van der Waals surface area contributed by atoms with E-state index in [1.165, 1.54) is 11.8 Å². The van der Waals surface area contributed by atoms with Crippen LogP contribution < -0.4 is 0 Å². The molecule has 0 aliphatic carbocycles. The number of rotatable bonds is 2. The summed E-state index contributed by atoms with van der Waals surface area (Å²) in [5, 5.41) is -1.31. The zero-order valence-electron chi connectivity index (χ0n) is 13.2. The Labute approximate surface area is 149 Å². The third-order valence-corrected chi connectivity index (χ3v) is 6.32. The summed E-state index contributed by atoms with van der Waals surface area (Å²) in [6.07, 6.45) is -9.33. The largest absolute Gasteiger partial charge is 0.416 e. The summed E-state index contributed by atoms with van der Waals surface area (Å²) in [6.45, 7) is -0.0984. The number of carbonyl (C=O) groups is 1. The number of amides is 1. The lowest BCUT2D eigenvalue weighted by Gasteiger charge is -2.34. The van der Waals surface area contributed by atoms with Crippen molar-refractivity contribution in [3.63, 3.8) is 0 Å². The lowest BCUT2D eigenvalue weighted by atomic mass is 10.0. The molecule has 1 aromatic carbocycles. The number of alkyl halides is 6. The third kappa shape index (κ3) is 4.64. The van der Waals surface area contributed by atoms with Crippen LogP contribution in [-0.2, 0) is 22.2 Å². The van der Waals surface area contributed by atoms with Crippen LogP contribution in [0.25, 0.3) is 0 Å². The standard InChI is InChI=1S/C14H13F6NO3S2/c1-26(23,24)11-7-25-3-2-21(11)12(22)8-4-9(13(15,16)17)6-10(5-8)14(18,19)20/h4-6,11H,2-3,7H2,1H3. The molecule has 0 aromatic heterocycles. The predicted octanol–water partition coefficient (Wildman–Crippen LogP) is 3.28. The minimum Gasteiger partial charge on any atom is -0.320 e. The molecule has 1 atom stereocenters. The Kier molecular flexibility index (Phi) is 5.58. The first-order valence-electron chi connectivity index (χ1n) is 7.08. The molecule has 1 heterocycles. The lowest BCUT2D eigenvalue weighted by molar-refractivity contribution is -0.143. The first kappa shape index (κ1) is 20.9. The van der Waals surface area contributed by atoms with Crippen LogP contribution in [0.5, 0.6) is 0 Å². The zero-order valence-corrected chi connectivity index (χ0v) is 14.8. The maximum Gasteiger partial charge on any atom is 0.416 e. The molecule has 0 N–H and O–H groups in total. The maximum absolute atomic E-state index is 12.9. The highest BCUT2D eigenvalue weighted by Gasteiger charge is 2.40. The van der Waals surface area contributed by atoms with Gasteiger partial charge in [0.2, 0.25) is 0 Å². The van der Waals surface area contributed by atoms with Crippen molar-refractivity contribution in [3.8, 4) is 0 Å². The topological polar surface area (TPSA) is 54.5 Å². The Morgan fingerprint density at radius 2 is 1.58 bits per heavy atom. The second kappa shape index (κ2) is 6.95. The molecule has 146 valence electrons. The fourth-order valence-corrected chi connectivity index (χ4v) is 5.23. The Bertz CT molecular complexity index is 772. The first-order valence-corrected chi connectivity index (χ1v) is 10.2. The van der Waals surface area contributed by atoms with Crippen LogP contribution in [0, 0.1) is 0 Å². The molecule has 1 aliphatic rings. The summed E-state index contributed by atoms with van der Waals surface area (Å²) in [4.78, 5) is 13.3. The Balaban J connectivity index is 2.54. The van der Waals surface area contributed by atoms with Crippen molar-refractivity contribution in [2.45, 2.75) is 17.7 Å². The van der Waals surface area contributed by atoms with Gasteiger partial charge in [0.05, 0.1) is 11.1 Å². The van der Waals surface area contributed by atoms with E-state index in [1.54, 1.807) is 0 Å². The lowest BCUT2D eigenvalue weighted by Crippen LogP contribution is -2.50. The average Bonchev–Trinajstić information content (AvgIpc) is 2.51. The number of sulfone groups is 1. The summed E-state index contributed by atoms with van der Waals surface area (Å²) < 4.78 is 101. The van der Waals surface area contributed by atoms with Gasteiger partial charge < -0.3 is 4.90 Å². The van der Waals surface area contributed by atoms with Gasteiger partial charge in [-0.3, -0.25) is 4.79 Å². The average molecular weight is 421 g/mol. The second-order valence-electron chi connectivity index (χ2n) is 5.65. The molecule has 4 nitrogen and oxygen atoms in total. The van der Waals surface area contributed by atoms with E-state index in [9.17, 15) is 39.6 Å². The van der Waals surface area contributed by atoms with Crippen LogP contribution >= 0.6 is 11.8 Å². The third-order valence-electron chi connectivity index (χ3n) is 3.67. The number of nitrogens with zero attached hydrogens (tertiary/aromatic N) is 1. The molecule has 0 radical (unpaired) electrons. The fraction of sp³-hybridized carbons (Fsp3) is 0.500. The van der Waals surface area contributed by atoms with Gasteiger partial charge in [-0.1, -0.05) is 0 Å². The molecule has 1 saturated heterocycles. The Hall–Kier alpha value is -1.43. The van der Waals surface area contributed by atoms with Gasteiger partial charge in [0, 0.05) is 29.9 Å². The monoisotopic (exact) mass is 421 g/mol. The second-order valence-corrected chi connectivity index (χ2v) is 9.01. The van der Waals surface area contributed by atoms with Crippen LogP contribution in [-0.4, -0.2) is 48.9 Å². The van der Waals surface area contributed by atoms with E-state index < -0.39 is 50.2 Å². The molecule has 26 heavy (non-hydrogen) atoms. The highest BCUT2D eigenvalue weighted by molar-refractivity contribution is 8.00. The van der Waals surface area contributed by atoms with Crippen molar-refractivity contribution in [2.24, 2.45) is 0 Å². The van der Waals surface area contributed by atoms with Crippen LogP contribution in [0.4, 0.5) is 26.3 Å². The number of thioether (sulfide) groups is 1. The van der Waals surface area contributed by atoms with Crippen molar-refractivity contribution >= 4 is 27.5 Å². The highest BCUT2D eigenvalue weighted by Crippen LogP contribution is 2.37. The molecule has 1 aromatic rings. The van der Waals surface area contributed by atoms with Gasteiger partial charge in [0.1, 0.15) is 5.37 Å². The Morgan fingerprint density at radius 1 is 1.08 bits per heavy atom. The van der Waals surface area contributed by atoms with E-state index in [2.05, 4.69) is 0 Å². The minimum atomic E-state index is -5.09. The van der Waals surface area contributed by atoms with Crippen LogP contribution in [0.3, 0.4) is 0 Å². The highest BCUT2D eigenvalue weighted by atomic mass is 32.2. The van der Waals surface area contributed by atoms with Gasteiger partial charge in [-0.2, -0.15) is 38.1 Å². The summed E-state index contributed by atoms with van der Waals surface area (Å²) in [7, 11) is -3.77. The molecule has 12 heteroatoms. The van der Waals surface area contributed by atoms with Crippen molar-refractivity contribution < 1.29 is 39.6 Å². The summed E-state index contributed by atoms with van der Waals surface area (Å²) in [6, 6.07) is 0.522. The molecular weight excluding hydrogens is 408 g/mol. The van der Waals surface area contributed by atoms with Crippen molar-refractivity contribution in [1.29, 1.82) is 0 Å². The number of carbonyl (C=O) groups excluding carboxylic acids is 1. The van der Waals surface area contributed by atoms with Gasteiger partial charge in [0.25, 0.3) is 5.91 Å². The smallest absolute Gasteiger partial charge is 0.320 e. The molecule has 1 aliphatic heterocycles. The molecule has 1 fully saturated rings. The molecule has 1 amide bonds. The van der Waals surface area contributed by atoms with E-state index in [0.29, 0.717) is 17.9 Å². The van der Waals surface area contributed by atoms with Crippen molar-refractivity contribution in [1.82, 2.24) is 4.90 Å². The predicted molar refractivity (Wildman–Crippen MR) is 83.4 cm³/mol. The Morgan fingerprint density at radius 3 is 2.00 bits per heavy atom. The molecule has 1 unspecified atom stereocenters. The summed E-state index contributed by atoms with van der Waals surface area (Å²) in [5.74, 6) is -0.865. The van der Waals surface area contributed by atoms with Crippen LogP contribution in [0.2, 0.25) is 0 Å². The normalized spacial score (nSPS) is 19.5. The van der Waals surface area contributed by atoms with Gasteiger partial charge >= 0.3 is 12.4 Å². The number of hydrogen-bond donors (Lipinski definition) is 0. The fourth-order valence-electron chi connectivity index (χ4n) is 2.41. The number of benzene rings is 1. The number of halogens is 6. The van der Waals surface area contributed by atoms with Crippen molar-refractivity contribution in [3.05, 3.63) is 34.9 Å². The minimum absolute atomic E-state index is 0.00430. The van der Waals surface area contributed by atoms with E-state index in [4.69, 9.17) is 0 Å². The van der Waals surface area contributed by atoms with Crippen LogP contribution in [0.1, 0.15) is 21.5 Å². The summed E-state index contributed by atoms with van der Waals surface area (Å²) >= 11 is 1.23. The molecule has 0 bridgehead atoms. The van der Waals surface area contributed by atoms with Crippen molar-refractivity contribution in [2.75, 3.05) is 24.3 Å². The van der Waals surface area contributed by atoms with E-state index in [-0.39, 0.29) is 18.4 Å². The molecular formula is C14H13F6NO3S2. The van der Waals surface area contributed by atoms with Gasteiger partial charge in [-0.15, -0.1) is 0 Å². The van der Waals surface area contributed by atoms with E-state index in [0.717, 1.165) is 11.2 Å². The van der Waals surface area contributed by atoms with Gasteiger partial charge in [0.15, 0.2) is 9.84 Å². The van der Waals surface area contributed by atoms with E-state index in [1.807, 2.05) is 0 Å². The zero-order chi connectivity index (χ0) is 19.9. The van der Waals surface area contributed by atoms with Gasteiger partial charge in [-0.25, -0.2) is 8.42 Å². The van der Waals surface area contributed by atoms with E-state index >= 15 is 0 Å². The SMILES string of the molecule is CS(=O)(=O)C1CSCCN1C(=O)c1cc(C(F)(F)F)cc(C(F)(F)F)c1.